The molecular formula is C21H18N2O5S. The molecule has 0 atom stereocenters. The van der Waals surface area contributed by atoms with Crippen molar-refractivity contribution >= 4 is 17.3 Å². The van der Waals surface area contributed by atoms with E-state index in [2.05, 4.69) is 10.1 Å². The Morgan fingerprint density at radius 1 is 1.14 bits per heavy atom. The average molecular weight is 410 g/mol. The van der Waals surface area contributed by atoms with Crippen molar-refractivity contribution in [3.8, 4) is 16.5 Å². The minimum atomic E-state index is -0.442. The zero-order chi connectivity index (χ0) is 20.2. The summed E-state index contributed by atoms with van der Waals surface area (Å²) in [5, 5.41) is 5.85. The van der Waals surface area contributed by atoms with Crippen LogP contribution in [-0.4, -0.2) is 16.1 Å². The Kier molecular flexibility index (Phi) is 5.44. The first-order valence-corrected chi connectivity index (χ1v) is 9.78. The van der Waals surface area contributed by atoms with E-state index in [1.54, 1.807) is 24.3 Å². The van der Waals surface area contributed by atoms with E-state index in [0.717, 1.165) is 21.9 Å². The second-order valence-electron chi connectivity index (χ2n) is 6.31. The Bertz CT molecular complexity index is 1080. The summed E-state index contributed by atoms with van der Waals surface area (Å²) in [7, 11) is 0. The van der Waals surface area contributed by atoms with E-state index in [1.165, 1.54) is 17.6 Å². The van der Waals surface area contributed by atoms with Gasteiger partial charge in [-0.3, -0.25) is 0 Å². The van der Waals surface area contributed by atoms with Crippen LogP contribution in [0.15, 0.2) is 57.0 Å². The Balaban J connectivity index is 1.31. The average Bonchev–Trinajstić information content (AvgIpc) is 3.47. The molecule has 4 rings (SSSR count). The number of nitrogens with zero attached hydrogens (tertiary/aromatic N) is 2. The first kappa shape index (κ1) is 18.9. The summed E-state index contributed by atoms with van der Waals surface area (Å²) in [4.78, 5) is 17.5. The van der Waals surface area contributed by atoms with Gasteiger partial charge in [-0.1, -0.05) is 11.2 Å². The standard InChI is InChI=1S/C21H18N2O5S/c1-13-18(14(2)28-23-13)12-25-17-7-5-15(6-8-17)21(24)27-11-16-10-26-20(22-16)19-4-3-9-29-19/h3-10H,11-12H2,1-2H3. The van der Waals surface area contributed by atoms with Crippen LogP contribution in [0.25, 0.3) is 10.8 Å². The molecule has 0 aliphatic carbocycles. The van der Waals surface area contributed by atoms with Gasteiger partial charge in [-0.2, -0.15) is 0 Å². The number of aromatic nitrogens is 2. The number of thiophene rings is 1. The van der Waals surface area contributed by atoms with Gasteiger partial charge in [0.2, 0.25) is 5.89 Å². The second-order valence-corrected chi connectivity index (χ2v) is 7.26. The number of aryl methyl sites for hydroxylation is 2. The van der Waals surface area contributed by atoms with Crippen LogP contribution in [0.5, 0.6) is 5.75 Å². The van der Waals surface area contributed by atoms with Crippen molar-refractivity contribution in [3.63, 3.8) is 0 Å². The molecule has 0 spiro atoms. The minimum absolute atomic E-state index is 0.0397. The first-order valence-electron chi connectivity index (χ1n) is 8.90. The maximum atomic E-state index is 12.3. The maximum absolute atomic E-state index is 12.3. The molecule has 0 saturated heterocycles. The molecule has 3 heterocycles. The smallest absolute Gasteiger partial charge is 0.338 e. The molecule has 148 valence electrons. The molecule has 4 aromatic rings. The van der Waals surface area contributed by atoms with Gasteiger partial charge in [0, 0.05) is 0 Å². The third kappa shape index (κ3) is 4.38. The van der Waals surface area contributed by atoms with Crippen molar-refractivity contribution in [2.45, 2.75) is 27.1 Å². The van der Waals surface area contributed by atoms with Gasteiger partial charge in [0.1, 0.15) is 36.7 Å². The molecule has 8 heteroatoms. The summed E-state index contributed by atoms with van der Waals surface area (Å²) in [5.41, 5.74) is 2.71. The number of benzene rings is 1. The van der Waals surface area contributed by atoms with Crippen LogP contribution >= 0.6 is 11.3 Å². The lowest BCUT2D eigenvalue weighted by Gasteiger charge is -2.07. The lowest BCUT2D eigenvalue weighted by Crippen LogP contribution is -2.05. The molecule has 0 unspecified atom stereocenters. The Morgan fingerprint density at radius 2 is 1.97 bits per heavy atom. The fraction of sp³-hybridized carbons (Fsp3) is 0.190. The lowest BCUT2D eigenvalue weighted by molar-refractivity contribution is 0.0467. The molecule has 29 heavy (non-hydrogen) atoms. The van der Waals surface area contributed by atoms with Crippen molar-refractivity contribution in [2.24, 2.45) is 0 Å². The molecule has 7 nitrogen and oxygen atoms in total. The van der Waals surface area contributed by atoms with Crippen molar-refractivity contribution in [1.29, 1.82) is 0 Å². The number of carbonyl (C=O) groups is 1. The van der Waals surface area contributed by atoms with E-state index >= 15 is 0 Å². The lowest BCUT2D eigenvalue weighted by atomic mass is 10.2. The van der Waals surface area contributed by atoms with Gasteiger partial charge in [-0.15, -0.1) is 11.3 Å². The van der Waals surface area contributed by atoms with Gasteiger partial charge < -0.3 is 18.4 Å². The molecule has 0 fully saturated rings. The normalized spacial score (nSPS) is 10.8. The van der Waals surface area contributed by atoms with Crippen molar-refractivity contribution < 1.29 is 23.2 Å². The van der Waals surface area contributed by atoms with Crippen molar-refractivity contribution in [1.82, 2.24) is 10.1 Å². The van der Waals surface area contributed by atoms with Gasteiger partial charge in [0.05, 0.1) is 21.7 Å². The molecule has 1 aromatic carbocycles. The van der Waals surface area contributed by atoms with E-state index in [-0.39, 0.29) is 6.61 Å². The highest BCUT2D eigenvalue weighted by Crippen LogP contribution is 2.24. The summed E-state index contributed by atoms with van der Waals surface area (Å²) in [5.74, 6) is 1.45. The zero-order valence-electron chi connectivity index (χ0n) is 15.9. The fourth-order valence-electron chi connectivity index (χ4n) is 2.66. The fourth-order valence-corrected chi connectivity index (χ4v) is 3.32. The zero-order valence-corrected chi connectivity index (χ0v) is 16.7. The molecular weight excluding hydrogens is 392 g/mol. The van der Waals surface area contributed by atoms with Crippen molar-refractivity contribution in [3.05, 3.63) is 76.3 Å². The van der Waals surface area contributed by atoms with Gasteiger partial charge >= 0.3 is 5.97 Å². The number of carbonyl (C=O) groups excluding carboxylic acids is 1. The predicted molar refractivity (Wildman–Crippen MR) is 106 cm³/mol. The highest BCUT2D eigenvalue weighted by Gasteiger charge is 2.13. The summed E-state index contributed by atoms with van der Waals surface area (Å²) >= 11 is 1.53. The topological polar surface area (TPSA) is 87.6 Å². The summed E-state index contributed by atoms with van der Waals surface area (Å²) in [6, 6.07) is 10.6. The molecule has 0 saturated carbocycles. The van der Waals surface area contributed by atoms with Gasteiger partial charge in [-0.05, 0) is 49.6 Å². The molecule has 0 radical (unpaired) electrons. The van der Waals surface area contributed by atoms with Gasteiger partial charge in [0.25, 0.3) is 0 Å². The molecule has 0 amide bonds. The SMILES string of the molecule is Cc1noc(C)c1COc1ccc(C(=O)OCc2coc(-c3cccs3)n2)cc1. The monoisotopic (exact) mass is 410 g/mol. The van der Waals surface area contributed by atoms with Gasteiger partial charge in [0.15, 0.2) is 0 Å². The summed E-state index contributed by atoms with van der Waals surface area (Å²) in [6.45, 7) is 4.10. The number of esters is 1. The number of hydrogen-bond donors (Lipinski definition) is 0. The van der Waals surface area contributed by atoms with Crippen LogP contribution in [0.4, 0.5) is 0 Å². The summed E-state index contributed by atoms with van der Waals surface area (Å²) in [6.07, 6.45) is 1.49. The molecule has 0 aliphatic rings. The van der Waals surface area contributed by atoms with E-state index in [1.807, 2.05) is 31.4 Å². The number of oxazole rings is 1. The van der Waals surface area contributed by atoms with E-state index in [9.17, 15) is 4.79 Å². The van der Waals surface area contributed by atoms with E-state index < -0.39 is 5.97 Å². The van der Waals surface area contributed by atoms with Crippen LogP contribution in [0.3, 0.4) is 0 Å². The molecule has 0 N–H and O–H groups in total. The predicted octanol–water partition coefficient (Wildman–Crippen LogP) is 4.94. The highest BCUT2D eigenvalue weighted by molar-refractivity contribution is 7.13. The van der Waals surface area contributed by atoms with Crippen LogP contribution in [0, 0.1) is 13.8 Å². The molecule has 0 bridgehead atoms. The Labute approximate surface area is 170 Å². The van der Waals surface area contributed by atoms with Crippen LogP contribution in [0.2, 0.25) is 0 Å². The quantitative estimate of drug-likeness (QED) is 0.399. The van der Waals surface area contributed by atoms with Gasteiger partial charge in [-0.25, -0.2) is 9.78 Å². The Hall–Kier alpha value is -3.39. The highest BCUT2D eigenvalue weighted by atomic mass is 32.1. The van der Waals surface area contributed by atoms with E-state index in [0.29, 0.717) is 29.5 Å². The largest absolute Gasteiger partial charge is 0.489 e. The van der Waals surface area contributed by atoms with Crippen LogP contribution in [-0.2, 0) is 18.0 Å². The number of ether oxygens (including phenoxy) is 2. The van der Waals surface area contributed by atoms with Crippen LogP contribution < -0.4 is 4.74 Å². The Morgan fingerprint density at radius 3 is 2.66 bits per heavy atom. The molecule has 3 aromatic heterocycles. The second kappa shape index (κ2) is 8.32. The minimum Gasteiger partial charge on any atom is -0.489 e. The third-order valence-corrected chi connectivity index (χ3v) is 5.15. The number of rotatable bonds is 7. The summed E-state index contributed by atoms with van der Waals surface area (Å²) < 4.78 is 21.6. The molecule has 0 aliphatic heterocycles. The maximum Gasteiger partial charge on any atom is 0.338 e. The first-order chi connectivity index (χ1) is 14.1. The number of hydrogen-bond acceptors (Lipinski definition) is 8. The van der Waals surface area contributed by atoms with Crippen molar-refractivity contribution in [2.75, 3.05) is 0 Å². The van der Waals surface area contributed by atoms with Crippen LogP contribution in [0.1, 0.15) is 33.1 Å². The third-order valence-electron chi connectivity index (χ3n) is 4.29. The van der Waals surface area contributed by atoms with E-state index in [4.69, 9.17) is 18.4 Å².